The number of nitrogens with two attached hydrogens (primary N) is 1. The average molecular weight is 239 g/mol. The minimum atomic E-state index is -0.362. The Labute approximate surface area is 104 Å². The SMILES string of the molecule is CC(C)(C)OC(=O)C1CCC2(CC1)CCC2N. The van der Waals surface area contributed by atoms with E-state index >= 15 is 0 Å². The lowest BCUT2D eigenvalue weighted by atomic mass is 9.56. The second kappa shape index (κ2) is 4.27. The van der Waals surface area contributed by atoms with E-state index in [4.69, 9.17) is 10.5 Å². The molecule has 3 heteroatoms. The molecule has 1 unspecified atom stereocenters. The van der Waals surface area contributed by atoms with Gasteiger partial charge >= 0.3 is 5.97 Å². The Kier molecular flexibility index (Phi) is 3.23. The van der Waals surface area contributed by atoms with Gasteiger partial charge in [-0.25, -0.2) is 0 Å². The van der Waals surface area contributed by atoms with Gasteiger partial charge in [-0.2, -0.15) is 0 Å². The Balaban J connectivity index is 1.85. The number of carbonyl (C=O) groups is 1. The van der Waals surface area contributed by atoms with Crippen molar-refractivity contribution in [1.82, 2.24) is 0 Å². The van der Waals surface area contributed by atoms with Crippen LogP contribution in [0.5, 0.6) is 0 Å². The third kappa shape index (κ3) is 2.65. The topological polar surface area (TPSA) is 52.3 Å². The summed E-state index contributed by atoms with van der Waals surface area (Å²) in [4.78, 5) is 12.0. The van der Waals surface area contributed by atoms with E-state index in [2.05, 4.69) is 0 Å². The number of esters is 1. The predicted octanol–water partition coefficient (Wildman–Crippen LogP) is 2.63. The number of ether oxygens (including phenoxy) is 1. The molecule has 1 atom stereocenters. The molecule has 1 spiro atoms. The minimum Gasteiger partial charge on any atom is -0.460 e. The Hall–Kier alpha value is -0.570. The number of hydrogen-bond donors (Lipinski definition) is 1. The maximum absolute atomic E-state index is 12.0. The molecule has 0 amide bonds. The molecule has 2 saturated carbocycles. The lowest BCUT2D eigenvalue weighted by Crippen LogP contribution is -2.52. The van der Waals surface area contributed by atoms with Gasteiger partial charge in [0.15, 0.2) is 0 Å². The van der Waals surface area contributed by atoms with Gasteiger partial charge in [-0.3, -0.25) is 4.79 Å². The van der Waals surface area contributed by atoms with Crippen LogP contribution in [0.15, 0.2) is 0 Å². The van der Waals surface area contributed by atoms with Gasteiger partial charge in [0.2, 0.25) is 0 Å². The quantitative estimate of drug-likeness (QED) is 0.716. The van der Waals surface area contributed by atoms with Crippen molar-refractivity contribution in [2.75, 3.05) is 0 Å². The van der Waals surface area contributed by atoms with Crippen molar-refractivity contribution >= 4 is 5.97 Å². The summed E-state index contributed by atoms with van der Waals surface area (Å²) in [5, 5.41) is 0. The molecule has 0 aromatic heterocycles. The maximum atomic E-state index is 12.0. The lowest BCUT2D eigenvalue weighted by molar-refractivity contribution is -0.162. The standard InChI is InChI=1S/C14H25NO2/c1-13(2,3)17-12(16)10-4-7-14(8-5-10)9-6-11(14)15/h10-11H,4-9,15H2,1-3H3. The molecule has 2 N–H and O–H groups in total. The highest BCUT2D eigenvalue weighted by molar-refractivity contribution is 5.73. The largest absolute Gasteiger partial charge is 0.460 e. The van der Waals surface area contributed by atoms with Gasteiger partial charge in [-0.1, -0.05) is 0 Å². The molecule has 0 radical (unpaired) electrons. The molecule has 0 aromatic rings. The van der Waals surface area contributed by atoms with Gasteiger partial charge in [0.25, 0.3) is 0 Å². The van der Waals surface area contributed by atoms with E-state index in [-0.39, 0.29) is 17.5 Å². The molecule has 2 rings (SSSR count). The Morgan fingerprint density at radius 1 is 1.18 bits per heavy atom. The number of carbonyl (C=O) groups excluding carboxylic acids is 1. The van der Waals surface area contributed by atoms with Crippen LogP contribution in [0.25, 0.3) is 0 Å². The van der Waals surface area contributed by atoms with Crippen LogP contribution in [-0.4, -0.2) is 17.6 Å². The van der Waals surface area contributed by atoms with Gasteiger partial charge in [-0.05, 0) is 64.7 Å². The molecule has 17 heavy (non-hydrogen) atoms. The zero-order valence-corrected chi connectivity index (χ0v) is 11.3. The van der Waals surface area contributed by atoms with Crippen LogP contribution in [0.2, 0.25) is 0 Å². The lowest BCUT2D eigenvalue weighted by Gasteiger charge is -2.51. The summed E-state index contributed by atoms with van der Waals surface area (Å²) in [6.45, 7) is 5.78. The molecule has 0 aliphatic heterocycles. The maximum Gasteiger partial charge on any atom is 0.309 e. The van der Waals surface area contributed by atoms with Crippen molar-refractivity contribution in [3.63, 3.8) is 0 Å². The highest BCUT2D eigenvalue weighted by Gasteiger charge is 2.47. The van der Waals surface area contributed by atoms with Crippen LogP contribution in [0.3, 0.4) is 0 Å². The van der Waals surface area contributed by atoms with Crippen LogP contribution in [0, 0.1) is 11.3 Å². The first kappa shape index (κ1) is 12.9. The van der Waals surface area contributed by atoms with E-state index < -0.39 is 0 Å². The molecular weight excluding hydrogens is 214 g/mol. The third-order valence-electron chi connectivity index (χ3n) is 4.46. The molecule has 98 valence electrons. The van der Waals surface area contributed by atoms with Gasteiger partial charge < -0.3 is 10.5 Å². The Bertz CT molecular complexity index is 298. The molecule has 0 heterocycles. The summed E-state index contributed by atoms with van der Waals surface area (Å²) in [5.74, 6) is 0.0906. The van der Waals surface area contributed by atoms with E-state index in [1.807, 2.05) is 20.8 Å². The second-order valence-corrected chi connectivity index (χ2v) is 6.82. The normalized spacial score (nSPS) is 37.6. The van der Waals surface area contributed by atoms with Crippen LogP contribution < -0.4 is 5.73 Å². The molecule has 3 nitrogen and oxygen atoms in total. The monoisotopic (exact) mass is 239 g/mol. The van der Waals surface area contributed by atoms with Crippen molar-refractivity contribution in [3.05, 3.63) is 0 Å². The zero-order chi connectivity index (χ0) is 12.7. The van der Waals surface area contributed by atoms with E-state index in [0.717, 1.165) is 32.1 Å². The molecule has 2 aliphatic rings. The van der Waals surface area contributed by atoms with E-state index in [1.165, 1.54) is 6.42 Å². The molecule has 0 bridgehead atoms. The van der Waals surface area contributed by atoms with E-state index in [9.17, 15) is 4.79 Å². The molecule has 2 fully saturated rings. The number of rotatable bonds is 1. The highest BCUT2D eigenvalue weighted by atomic mass is 16.6. The summed E-state index contributed by atoms with van der Waals surface area (Å²) in [5.41, 5.74) is 6.11. The van der Waals surface area contributed by atoms with Crippen molar-refractivity contribution < 1.29 is 9.53 Å². The van der Waals surface area contributed by atoms with Gasteiger partial charge in [0.1, 0.15) is 5.60 Å². The van der Waals surface area contributed by atoms with Crippen molar-refractivity contribution in [2.24, 2.45) is 17.1 Å². The van der Waals surface area contributed by atoms with Gasteiger partial charge in [0.05, 0.1) is 5.92 Å². The fourth-order valence-corrected chi connectivity index (χ4v) is 3.15. The van der Waals surface area contributed by atoms with Crippen LogP contribution in [0.1, 0.15) is 59.3 Å². The average Bonchev–Trinajstić information content (AvgIpc) is 2.25. The first-order valence-electron chi connectivity index (χ1n) is 6.81. The first-order valence-corrected chi connectivity index (χ1v) is 6.81. The first-order chi connectivity index (χ1) is 7.82. The summed E-state index contributed by atoms with van der Waals surface area (Å²) in [7, 11) is 0. The summed E-state index contributed by atoms with van der Waals surface area (Å²) < 4.78 is 5.45. The van der Waals surface area contributed by atoms with Crippen molar-refractivity contribution in [1.29, 1.82) is 0 Å². The van der Waals surface area contributed by atoms with Crippen molar-refractivity contribution in [3.8, 4) is 0 Å². The fourth-order valence-electron chi connectivity index (χ4n) is 3.15. The van der Waals surface area contributed by atoms with Gasteiger partial charge in [-0.15, -0.1) is 0 Å². The Morgan fingerprint density at radius 3 is 2.06 bits per heavy atom. The Morgan fingerprint density at radius 2 is 1.71 bits per heavy atom. The molecular formula is C14H25NO2. The minimum absolute atomic E-state index is 0.0137. The van der Waals surface area contributed by atoms with Gasteiger partial charge in [0, 0.05) is 6.04 Å². The molecule has 0 aromatic carbocycles. The number of hydrogen-bond acceptors (Lipinski definition) is 3. The molecule has 2 aliphatic carbocycles. The van der Waals surface area contributed by atoms with Crippen LogP contribution in [-0.2, 0) is 9.53 Å². The summed E-state index contributed by atoms with van der Waals surface area (Å²) in [6, 6.07) is 0.377. The zero-order valence-electron chi connectivity index (χ0n) is 11.3. The smallest absolute Gasteiger partial charge is 0.309 e. The molecule has 0 saturated heterocycles. The fraction of sp³-hybridized carbons (Fsp3) is 0.929. The summed E-state index contributed by atoms with van der Waals surface area (Å²) >= 11 is 0. The van der Waals surface area contributed by atoms with Crippen LogP contribution >= 0.6 is 0 Å². The van der Waals surface area contributed by atoms with E-state index in [0.29, 0.717) is 11.5 Å². The highest BCUT2D eigenvalue weighted by Crippen LogP contribution is 2.52. The predicted molar refractivity (Wildman–Crippen MR) is 67.4 cm³/mol. The van der Waals surface area contributed by atoms with Crippen molar-refractivity contribution in [2.45, 2.75) is 70.9 Å². The third-order valence-corrected chi connectivity index (χ3v) is 4.46. The van der Waals surface area contributed by atoms with E-state index in [1.54, 1.807) is 0 Å². The second-order valence-electron chi connectivity index (χ2n) is 6.82. The van der Waals surface area contributed by atoms with Crippen LogP contribution in [0.4, 0.5) is 0 Å². The summed E-state index contributed by atoms with van der Waals surface area (Å²) in [6.07, 6.45) is 6.56.